The van der Waals surface area contributed by atoms with Crippen molar-refractivity contribution in [3.63, 3.8) is 0 Å². The number of carboxylic acids is 1. The zero-order valence-corrected chi connectivity index (χ0v) is 15.0. The number of hydrogen-bond acceptors (Lipinski definition) is 3. The predicted molar refractivity (Wildman–Crippen MR) is 100.0 cm³/mol. The first-order valence-electron chi connectivity index (χ1n) is 7.77. The van der Waals surface area contributed by atoms with E-state index in [-0.39, 0.29) is 5.56 Å². The summed E-state index contributed by atoms with van der Waals surface area (Å²) in [5.41, 5.74) is 2.75. The molecule has 25 heavy (non-hydrogen) atoms. The molecule has 0 bridgehead atoms. The Hall–Kier alpha value is -2.73. The van der Waals surface area contributed by atoms with Crippen LogP contribution in [0, 0.1) is 6.92 Å². The molecule has 4 rings (SSSR count). The Morgan fingerprint density at radius 2 is 1.96 bits per heavy atom. The zero-order chi connectivity index (χ0) is 17.6. The summed E-state index contributed by atoms with van der Waals surface area (Å²) < 4.78 is 2.96. The molecule has 0 saturated carbocycles. The van der Waals surface area contributed by atoms with E-state index in [4.69, 9.17) is 0 Å². The Morgan fingerprint density at radius 1 is 1.20 bits per heavy atom. The first kappa shape index (κ1) is 15.8. The van der Waals surface area contributed by atoms with Crippen LogP contribution in [0.25, 0.3) is 21.8 Å². The molecule has 0 aliphatic rings. The highest BCUT2D eigenvalue weighted by molar-refractivity contribution is 9.10. The lowest BCUT2D eigenvalue weighted by Crippen LogP contribution is -2.05. The van der Waals surface area contributed by atoms with Crippen LogP contribution >= 0.6 is 15.9 Å². The molecule has 2 aromatic heterocycles. The minimum Gasteiger partial charge on any atom is -0.478 e. The van der Waals surface area contributed by atoms with Crippen molar-refractivity contribution in [2.75, 3.05) is 0 Å². The van der Waals surface area contributed by atoms with E-state index in [2.05, 4.69) is 25.9 Å². The molecule has 0 radical (unpaired) electrons. The van der Waals surface area contributed by atoms with Crippen LogP contribution in [0.3, 0.4) is 0 Å². The number of imidazole rings is 1. The quantitative estimate of drug-likeness (QED) is 0.557. The Morgan fingerprint density at radius 3 is 2.72 bits per heavy atom. The summed E-state index contributed by atoms with van der Waals surface area (Å²) in [7, 11) is 0. The van der Waals surface area contributed by atoms with E-state index >= 15 is 0 Å². The highest BCUT2D eigenvalue weighted by Gasteiger charge is 2.13. The number of hydrogen-bond donors (Lipinski definition) is 1. The Kier molecular flexibility index (Phi) is 3.77. The smallest absolute Gasteiger partial charge is 0.335 e. The first-order chi connectivity index (χ1) is 12.0. The van der Waals surface area contributed by atoms with Crippen molar-refractivity contribution in [1.29, 1.82) is 0 Å². The number of halogens is 1. The van der Waals surface area contributed by atoms with Crippen LogP contribution in [0.15, 0.2) is 53.1 Å². The molecule has 0 aliphatic carbocycles. The van der Waals surface area contributed by atoms with Gasteiger partial charge in [-0.15, -0.1) is 0 Å². The van der Waals surface area contributed by atoms with Gasteiger partial charge in [-0.3, -0.25) is 4.98 Å². The van der Waals surface area contributed by atoms with Crippen molar-refractivity contribution in [3.8, 4) is 0 Å². The van der Waals surface area contributed by atoms with Gasteiger partial charge in [-0.25, -0.2) is 9.78 Å². The van der Waals surface area contributed by atoms with E-state index in [9.17, 15) is 9.90 Å². The van der Waals surface area contributed by atoms with E-state index in [1.165, 1.54) is 0 Å². The van der Waals surface area contributed by atoms with Gasteiger partial charge in [0.2, 0.25) is 0 Å². The molecule has 0 saturated heterocycles. The molecule has 2 aromatic carbocycles. The molecule has 0 fully saturated rings. The molecule has 0 atom stereocenters. The second kappa shape index (κ2) is 5.97. The highest BCUT2D eigenvalue weighted by Crippen LogP contribution is 2.27. The van der Waals surface area contributed by atoms with E-state index < -0.39 is 5.97 Å². The first-order valence-corrected chi connectivity index (χ1v) is 8.56. The van der Waals surface area contributed by atoms with Crippen molar-refractivity contribution >= 4 is 43.7 Å². The molecule has 4 aromatic rings. The molecule has 0 aliphatic heterocycles. The summed E-state index contributed by atoms with van der Waals surface area (Å²) >= 11 is 3.54. The van der Waals surface area contributed by atoms with E-state index in [1.54, 1.807) is 24.4 Å². The van der Waals surface area contributed by atoms with Gasteiger partial charge in [0.1, 0.15) is 5.82 Å². The number of pyridine rings is 1. The zero-order valence-electron chi connectivity index (χ0n) is 13.4. The third-order valence-electron chi connectivity index (χ3n) is 4.32. The minimum absolute atomic E-state index is 0.252. The van der Waals surface area contributed by atoms with Crippen LogP contribution in [0.4, 0.5) is 0 Å². The van der Waals surface area contributed by atoms with Gasteiger partial charge in [0.15, 0.2) is 0 Å². The SMILES string of the molecule is Cc1nc2ccc(C(=O)O)cc2n1Cc1ncc(Br)c2ccccc12. The number of fused-ring (bicyclic) bond motifs is 2. The maximum atomic E-state index is 11.3. The standard InChI is InChI=1S/C19H14BrN3O2/c1-11-22-16-7-6-12(19(24)25)8-18(16)23(11)10-17-14-5-3-2-4-13(14)15(20)9-21-17/h2-9H,10H2,1H3,(H,24,25). The summed E-state index contributed by atoms with van der Waals surface area (Å²) in [5.74, 6) is -0.120. The van der Waals surface area contributed by atoms with Crippen molar-refractivity contribution in [2.24, 2.45) is 0 Å². The monoisotopic (exact) mass is 395 g/mol. The van der Waals surface area contributed by atoms with Crippen molar-refractivity contribution in [2.45, 2.75) is 13.5 Å². The van der Waals surface area contributed by atoms with E-state index in [0.29, 0.717) is 6.54 Å². The summed E-state index contributed by atoms with van der Waals surface area (Å²) in [6, 6.07) is 13.1. The third kappa shape index (κ3) is 2.68. The normalized spacial score (nSPS) is 11.3. The highest BCUT2D eigenvalue weighted by atomic mass is 79.9. The number of carboxylic acid groups (broad SMARTS) is 1. The predicted octanol–water partition coefficient (Wildman–Crippen LogP) is 4.40. The molecular formula is C19H14BrN3O2. The van der Waals surface area contributed by atoms with E-state index in [1.807, 2.05) is 35.8 Å². The van der Waals surface area contributed by atoms with Crippen molar-refractivity contribution in [3.05, 3.63) is 70.2 Å². The maximum absolute atomic E-state index is 11.3. The van der Waals surface area contributed by atoms with Crippen LogP contribution < -0.4 is 0 Å². The number of aromatic carboxylic acids is 1. The summed E-state index contributed by atoms with van der Waals surface area (Å²) in [5, 5.41) is 11.4. The van der Waals surface area contributed by atoms with Crippen molar-refractivity contribution in [1.82, 2.24) is 14.5 Å². The van der Waals surface area contributed by atoms with Gasteiger partial charge < -0.3 is 9.67 Å². The summed E-state index contributed by atoms with van der Waals surface area (Å²) in [6.07, 6.45) is 1.80. The molecule has 0 spiro atoms. The van der Waals surface area contributed by atoms with Crippen LogP contribution in [0.1, 0.15) is 21.9 Å². The Labute approximate surface area is 152 Å². The number of rotatable bonds is 3. The van der Waals surface area contributed by atoms with Crippen molar-refractivity contribution < 1.29 is 9.90 Å². The van der Waals surface area contributed by atoms with Crippen LogP contribution in [-0.2, 0) is 6.54 Å². The molecule has 1 N–H and O–H groups in total. The van der Waals surface area contributed by atoms with Gasteiger partial charge >= 0.3 is 5.97 Å². The minimum atomic E-state index is -0.945. The van der Waals surface area contributed by atoms with Crippen LogP contribution in [0.5, 0.6) is 0 Å². The molecule has 0 amide bonds. The second-order valence-corrected chi connectivity index (χ2v) is 6.71. The topological polar surface area (TPSA) is 68.0 Å². The fraction of sp³-hybridized carbons (Fsp3) is 0.105. The van der Waals surface area contributed by atoms with Crippen LogP contribution in [-0.4, -0.2) is 25.6 Å². The maximum Gasteiger partial charge on any atom is 0.335 e. The number of aryl methyl sites for hydroxylation is 1. The molecule has 2 heterocycles. The summed E-state index contributed by atoms with van der Waals surface area (Å²) in [6.45, 7) is 2.45. The Balaban J connectivity index is 1.89. The van der Waals surface area contributed by atoms with E-state index in [0.717, 1.165) is 37.8 Å². The van der Waals surface area contributed by atoms with Gasteiger partial charge in [0.05, 0.1) is 28.8 Å². The fourth-order valence-corrected chi connectivity index (χ4v) is 3.52. The average Bonchev–Trinajstić information content (AvgIpc) is 2.92. The average molecular weight is 396 g/mol. The Bertz CT molecular complexity index is 1130. The molecular weight excluding hydrogens is 382 g/mol. The molecule has 124 valence electrons. The number of nitrogens with zero attached hydrogens (tertiary/aromatic N) is 3. The third-order valence-corrected chi connectivity index (χ3v) is 4.95. The molecule has 5 nitrogen and oxygen atoms in total. The largest absolute Gasteiger partial charge is 0.478 e. The number of carbonyl (C=O) groups is 1. The molecule has 6 heteroatoms. The van der Waals surface area contributed by atoms with Gasteiger partial charge in [-0.2, -0.15) is 0 Å². The second-order valence-electron chi connectivity index (χ2n) is 5.85. The molecule has 0 unspecified atom stereocenters. The van der Waals surface area contributed by atoms with Crippen LogP contribution in [0.2, 0.25) is 0 Å². The van der Waals surface area contributed by atoms with Gasteiger partial charge in [-0.05, 0) is 46.4 Å². The van der Waals surface area contributed by atoms with Gasteiger partial charge in [0.25, 0.3) is 0 Å². The summed E-state index contributed by atoms with van der Waals surface area (Å²) in [4.78, 5) is 20.4. The lowest BCUT2D eigenvalue weighted by molar-refractivity contribution is 0.0697. The lowest BCUT2D eigenvalue weighted by Gasteiger charge is -2.10. The lowest BCUT2D eigenvalue weighted by atomic mass is 10.1. The van der Waals surface area contributed by atoms with Gasteiger partial charge in [0, 0.05) is 16.1 Å². The number of benzene rings is 2. The number of aromatic nitrogens is 3. The van der Waals surface area contributed by atoms with Gasteiger partial charge in [-0.1, -0.05) is 24.3 Å². The fourth-order valence-electron chi connectivity index (χ4n) is 3.07.